The first-order valence-corrected chi connectivity index (χ1v) is 10.5. The minimum atomic E-state index is -0.557. The standard InChI is InChI=1S/C22H29N3O4/c1-14-19(28-17-9-11-25(2)12-10-17)8-7-15-13-18(21(26)29-20(14)15)24-22(27)23-16-5-3-4-6-16/h7-8,13,16-17H,3-6,9-12H2,1-2H3,(H2,23,24,27). The van der Waals surface area contributed by atoms with E-state index < -0.39 is 5.63 Å². The van der Waals surface area contributed by atoms with E-state index in [9.17, 15) is 9.59 Å². The molecule has 4 rings (SSSR count). The first kappa shape index (κ1) is 19.8. The van der Waals surface area contributed by atoms with Gasteiger partial charge in [0.25, 0.3) is 0 Å². The topological polar surface area (TPSA) is 83.8 Å². The summed E-state index contributed by atoms with van der Waals surface area (Å²) in [5.41, 5.74) is 0.901. The molecule has 2 fully saturated rings. The number of hydrogen-bond donors (Lipinski definition) is 2. The lowest BCUT2D eigenvalue weighted by atomic mass is 10.1. The van der Waals surface area contributed by atoms with Crippen molar-refractivity contribution in [2.24, 2.45) is 0 Å². The van der Waals surface area contributed by atoms with Crippen LogP contribution in [0, 0.1) is 6.92 Å². The molecule has 1 saturated carbocycles. The number of urea groups is 1. The average molecular weight is 399 g/mol. The highest BCUT2D eigenvalue weighted by atomic mass is 16.5. The Labute approximate surface area is 170 Å². The van der Waals surface area contributed by atoms with Gasteiger partial charge < -0.3 is 24.7 Å². The van der Waals surface area contributed by atoms with Gasteiger partial charge in [-0.05, 0) is 57.9 Å². The van der Waals surface area contributed by atoms with Crippen molar-refractivity contribution in [1.29, 1.82) is 0 Å². The molecule has 2 amide bonds. The van der Waals surface area contributed by atoms with Crippen LogP contribution in [0.15, 0.2) is 27.4 Å². The Morgan fingerprint density at radius 2 is 1.90 bits per heavy atom. The maximum atomic E-state index is 12.4. The summed E-state index contributed by atoms with van der Waals surface area (Å²) in [6.07, 6.45) is 6.37. The highest BCUT2D eigenvalue weighted by Crippen LogP contribution is 2.29. The molecule has 0 unspecified atom stereocenters. The fourth-order valence-corrected chi connectivity index (χ4v) is 4.22. The van der Waals surface area contributed by atoms with Gasteiger partial charge in [0.1, 0.15) is 23.1 Å². The van der Waals surface area contributed by atoms with Crippen LogP contribution in [-0.2, 0) is 0 Å². The molecule has 1 aromatic heterocycles. The van der Waals surface area contributed by atoms with Crippen molar-refractivity contribution in [3.05, 3.63) is 34.2 Å². The second kappa shape index (κ2) is 8.45. The van der Waals surface area contributed by atoms with E-state index in [1.54, 1.807) is 6.07 Å². The van der Waals surface area contributed by atoms with Crippen LogP contribution in [-0.4, -0.2) is 43.2 Å². The molecule has 2 N–H and O–H groups in total. The predicted octanol–water partition coefficient (Wildman–Crippen LogP) is 3.64. The van der Waals surface area contributed by atoms with E-state index in [0.717, 1.165) is 68.3 Å². The van der Waals surface area contributed by atoms with E-state index in [-0.39, 0.29) is 23.9 Å². The number of hydrogen-bond acceptors (Lipinski definition) is 5. The molecule has 7 nitrogen and oxygen atoms in total. The number of nitrogens with zero attached hydrogens (tertiary/aromatic N) is 1. The van der Waals surface area contributed by atoms with Gasteiger partial charge in [0.2, 0.25) is 0 Å². The van der Waals surface area contributed by atoms with Crippen LogP contribution in [0.25, 0.3) is 11.0 Å². The van der Waals surface area contributed by atoms with Crippen LogP contribution in [0.5, 0.6) is 5.75 Å². The maximum Gasteiger partial charge on any atom is 0.360 e. The van der Waals surface area contributed by atoms with Gasteiger partial charge in [-0.1, -0.05) is 12.8 Å². The van der Waals surface area contributed by atoms with E-state index in [4.69, 9.17) is 9.15 Å². The fourth-order valence-electron chi connectivity index (χ4n) is 4.22. The molecule has 0 bridgehead atoms. The van der Waals surface area contributed by atoms with Crippen LogP contribution in [0.1, 0.15) is 44.1 Å². The van der Waals surface area contributed by atoms with Crippen molar-refractivity contribution in [1.82, 2.24) is 10.2 Å². The molecule has 2 heterocycles. The highest BCUT2D eigenvalue weighted by molar-refractivity contribution is 5.92. The summed E-state index contributed by atoms with van der Waals surface area (Å²) in [4.78, 5) is 26.9. The zero-order valence-electron chi connectivity index (χ0n) is 17.1. The molecule has 0 atom stereocenters. The first-order chi connectivity index (χ1) is 14.0. The monoisotopic (exact) mass is 399 g/mol. The maximum absolute atomic E-state index is 12.4. The normalized spacial score (nSPS) is 18.8. The van der Waals surface area contributed by atoms with Crippen molar-refractivity contribution in [2.75, 3.05) is 25.5 Å². The molecule has 2 aromatic rings. The van der Waals surface area contributed by atoms with Crippen molar-refractivity contribution < 1.29 is 13.9 Å². The third-order valence-corrected chi connectivity index (χ3v) is 6.00. The van der Waals surface area contributed by atoms with Gasteiger partial charge >= 0.3 is 11.7 Å². The van der Waals surface area contributed by atoms with Crippen molar-refractivity contribution in [3.8, 4) is 5.75 Å². The second-order valence-electron chi connectivity index (χ2n) is 8.25. The molecule has 7 heteroatoms. The Balaban J connectivity index is 1.50. The molecule has 1 aliphatic heterocycles. The molecule has 29 heavy (non-hydrogen) atoms. The third-order valence-electron chi connectivity index (χ3n) is 6.00. The van der Waals surface area contributed by atoms with Gasteiger partial charge in [-0.25, -0.2) is 9.59 Å². The zero-order valence-corrected chi connectivity index (χ0v) is 17.1. The summed E-state index contributed by atoms with van der Waals surface area (Å²) >= 11 is 0. The molecule has 0 radical (unpaired) electrons. The second-order valence-corrected chi connectivity index (χ2v) is 8.25. The van der Waals surface area contributed by atoms with Crippen molar-refractivity contribution in [3.63, 3.8) is 0 Å². The summed E-state index contributed by atoms with van der Waals surface area (Å²) in [5.74, 6) is 0.745. The quantitative estimate of drug-likeness (QED) is 0.767. The molecule has 1 aliphatic carbocycles. The molecule has 1 aromatic carbocycles. The number of anilines is 1. The largest absolute Gasteiger partial charge is 0.490 e. The van der Waals surface area contributed by atoms with Crippen LogP contribution < -0.4 is 21.0 Å². The lowest BCUT2D eigenvalue weighted by Gasteiger charge is -2.29. The van der Waals surface area contributed by atoms with Crippen LogP contribution >= 0.6 is 0 Å². The van der Waals surface area contributed by atoms with E-state index >= 15 is 0 Å². The van der Waals surface area contributed by atoms with Gasteiger partial charge in [-0.3, -0.25) is 0 Å². The summed E-state index contributed by atoms with van der Waals surface area (Å²) in [6.45, 7) is 3.93. The SMILES string of the molecule is Cc1c(OC2CCN(C)CC2)ccc2cc(NC(=O)NC3CCCC3)c(=O)oc12. The average Bonchev–Trinajstić information content (AvgIpc) is 3.20. The number of aryl methyl sites for hydroxylation is 1. The van der Waals surface area contributed by atoms with Crippen LogP contribution in [0.2, 0.25) is 0 Å². The summed E-state index contributed by atoms with van der Waals surface area (Å²) in [5, 5.41) is 6.32. The van der Waals surface area contributed by atoms with Crippen LogP contribution in [0.3, 0.4) is 0 Å². The number of carbonyl (C=O) groups excluding carboxylic acids is 1. The number of carbonyl (C=O) groups is 1. The van der Waals surface area contributed by atoms with Gasteiger partial charge in [-0.15, -0.1) is 0 Å². The number of fused-ring (bicyclic) bond motifs is 1. The van der Waals surface area contributed by atoms with Gasteiger partial charge in [0.05, 0.1) is 0 Å². The minimum absolute atomic E-state index is 0.149. The third kappa shape index (κ3) is 4.56. The van der Waals surface area contributed by atoms with E-state index in [1.807, 2.05) is 19.1 Å². The summed E-state index contributed by atoms with van der Waals surface area (Å²) in [6, 6.07) is 5.28. The van der Waals surface area contributed by atoms with E-state index in [1.165, 1.54) is 0 Å². The van der Waals surface area contributed by atoms with Gasteiger partial charge in [0.15, 0.2) is 0 Å². The van der Waals surface area contributed by atoms with E-state index in [2.05, 4.69) is 22.6 Å². The highest BCUT2D eigenvalue weighted by Gasteiger charge is 2.21. The molecule has 156 valence electrons. The number of piperidine rings is 1. The number of likely N-dealkylation sites (tertiary alicyclic amines) is 1. The number of ether oxygens (including phenoxy) is 1. The number of benzene rings is 1. The Morgan fingerprint density at radius 3 is 2.62 bits per heavy atom. The molecule has 2 aliphatic rings. The Hall–Kier alpha value is -2.54. The van der Waals surface area contributed by atoms with Crippen molar-refractivity contribution >= 4 is 22.7 Å². The molecular formula is C22H29N3O4. The summed E-state index contributed by atoms with van der Waals surface area (Å²) < 4.78 is 11.7. The Morgan fingerprint density at radius 1 is 1.17 bits per heavy atom. The predicted molar refractivity (Wildman–Crippen MR) is 113 cm³/mol. The lowest BCUT2D eigenvalue weighted by molar-refractivity contribution is 0.113. The van der Waals surface area contributed by atoms with Crippen LogP contribution in [0.4, 0.5) is 10.5 Å². The van der Waals surface area contributed by atoms with Gasteiger partial charge in [0, 0.05) is 30.1 Å². The smallest absolute Gasteiger partial charge is 0.360 e. The fraction of sp³-hybridized carbons (Fsp3) is 0.545. The molecule has 0 spiro atoms. The number of rotatable bonds is 4. The lowest BCUT2D eigenvalue weighted by Crippen LogP contribution is -2.37. The Kier molecular flexibility index (Phi) is 5.76. The molecular weight excluding hydrogens is 370 g/mol. The van der Waals surface area contributed by atoms with Crippen molar-refractivity contribution in [2.45, 2.75) is 57.6 Å². The Bertz CT molecular complexity index is 941. The molecule has 1 saturated heterocycles. The number of nitrogens with one attached hydrogen (secondary N) is 2. The van der Waals surface area contributed by atoms with E-state index in [0.29, 0.717) is 5.58 Å². The van der Waals surface area contributed by atoms with Gasteiger partial charge in [-0.2, -0.15) is 0 Å². The first-order valence-electron chi connectivity index (χ1n) is 10.5. The zero-order chi connectivity index (χ0) is 20.4. The number of amides is 2. The minimum Gasteiger partial charge on any atom is -0.490 e. The summed E-state index contributed by atoms with van der Waals surface area (Å²) in [7, 11) is 2.12.